The highest BCUT2D eigenvalue weighted by atomic mass is 16.5. The SMILES string of the molecule is COC(=O)c1occc1CN1CCN(C(=O)c2ccco2)CC1. The molecule has 0 atom stereocenters. The lowest BCUT2D eigenvalue weighted by Crippen LogP contribution is -2.48. The Hall–Kier alpha value is -2.54. The zero-order chi connectivity index (χ0) is 16.2. The van der Waals surface area contributed by atoms with Gasteiger partial charge in [-0.2, -0.15) is 0 Å². The molecule has 1 saturated heterocycles. The third-order valence-electron chi connectivity index (χ3n) is 3.90. The second kappa shape index (κ2) is 6.70. The van der Waals surface area contributed by atoms with Crippen molar-refractivity contribution < 1.29 is 23.2 Å². The van der Waals surface area contributed by atoms with Crippen molar-refractivity contribution in [3.8, 4) is 0 Å². The molecule has 0 radical (unpaired) electrons. The summed E-state index contributed by atoms with van der Waals surface area (Å²) >= 11 is 0. The molecule has 0 aromatic carbocycles. The van der Waals surface area contributed by atoms with Gasteiger partial charge in [-0.3, -0.25) is 9.69 Å². The smallest absolute Gasteiger partial charge is 0.374 e. The van der Waals surface area contributed by atoms with Crippen molar-refractivity contribution >= 4 is 11.9 Å². The van der Waals surface area contributed by atoms with Crippen LogP contribution in [0.1, 0.15) is 26.7 Å². The molecule has 122 valence electrons. The Morgan fingerprint density at radius 1 is 1.13 bits per heavy atom. The fourth-order valence-electron chi connectivity index (χ4n) is 2.64. The van der Waals surface area contributed by atoms with Crippen LogP contribution in [0.3, 0.4) is 0 Å². The van der Waals surface area contributed by atoms with Gasteiger partial charge < -0.3 is 18.5 Å². The summed E-state index contributed by atoms with van der Waals surface area (Å²) < 4.78 is 15.0. The maximum Gasteiger partial charge on any atom is 0.374 e. The second-order valence-electron chi connectivity index (χ2n) is 5.31. The maximum absolute atomic E-state index is 12.2. The number of hydrogen-bond donors (Lipinski definition) is 0. The van der Waals surface area contributed by atoms with Crippen LogP contribution in [-0.2, 0) is 11.3 Å². The van der Waals surface area contributed by atoms with E-state index in [4.69, 9.17) is 13.6 Å². The van der Waals surface area contributed by atoms with E-state index in [1.165, 1.54) is 19.6 Å². The molecular formula is C16H18N2O5. The van der Waals surface area contributed by atoms with Crippen LogP contribution < -0.4 is 0 Å². The quantitative estimate of drug-likeness (QED) is 0.797. The van der Waals surface area contributed by atoms with Crippen molar-refractivity contribution in [3.05, 3.63) is 47.8 Å². The number of piperazine rings is 1. The Balaban J connectivity index is 1.57. The van der Waals surface area contributed by atoms with Crippen molar-refractivity contribution in [3.63, 3.8) is 0 Å². The molecule has 2 aromatic rings. The Kier molecular flexibility index (Phi) is 4.47. The van der Waals surface area contributed by atoms with E-state index in [2.05, 4.69) is 4.90 Å². The molecule has 0 bridgehead atoms. The van der Waals surface area contributed by atoms with E-state index in [-0.39, 0.29) is 11.7 Å². The first-order valence-corrected chi connectivity index (χ1v) is 7.39. The lowest BCUT2D eigenvalue weighted by atomic mass is 10.2. The first kappa shape index (κ1) is 15.4. The number of hydrogen-bond acceptors (Lipinski definition) is 6. The summed E-state index contributed by atoms with van der Waals surface area (Å²) in [5, 5.41) is 0. The summed E-state index contributed by atoms with van der Waals surface area (Å²) in [6.45, 7) is 3.26. The van der Waals surface area contributed by atoms with Crippen LogP contribution in [0.4, 0.5) is 0 Å². The van der Waals surface area contributed by atoms with Gasteiger partial charge in [-0.1, -0.05) is 0 Å². The Bertz CT molecular complexity index is 668. The molecule has 1 aliphatic heterocycles. The van der Waals surface area contributed by atoms with Gasteiger partial charge in [0.15, 0.2) is 5.76 Å². The average Bonchev–Trinajstić information content (AvgIpc) is 3.26. The average molecular weight is 318 g/mol. The molecule has 2 aromatic heterocycles. The summed E-state index contributed by atoms with van der Waals surface area (Å²) in [4.78, 5) is 27.8. The highest BCUT2D eigenvalue weighted by Crippen LogP contribution is 2.16. The fraction of sp³-hybridized carbons (Fsp3) is 0.375. The molecule has 23 heavy (non-hydrogen) atoms. The minimum atomic E-state index is -0.475. The number of amides is 1. The van der Waals surface area contributed by atoms with Gasteiger partial charge in [0.2, 0.25) is 5.76 Å². The van der Waals surface area contributed by atoms with Crippen molar-refractivity contribution in [2.45, 2.75) is 6.54 Å². The molecule has 7 heteroatoms. The van der Waals surface area contributed by atoms with Crippen molar-refractivity contribution in [2.24, 2.45) is 0 Å². The number of rotatable bonds is 4. The van der Waals surface area contributed by atoms with E-state index in [1.807, 2.05) is 0 Å². The summed E-state index contributed by atoms with van der Waals surface area (Å²) in [7, 11) is 1.33. The van der Waals surface area contributed by atoms with Gasteiger partial charge in [0.25, 0.3) is 5.91 Å². The van der Waals surface area contributed by atoms with Gasteiger partial charge in [-0.15, -0.1) is 0 Å². The van der Waals surface area contributed by atoms with E-state index >= 15 is 0 Å². The zero-order valence-electron chi connectivity index (χ0n) is 12.9. The van der Waals surface area contributed by atoms with E-state index < -0.39 is 5.97 Å². The van der Waals surface area contributed by atoms with Crippen LogP contribution in [0.25, 0.3) is 0 Å². The Morgan fingerprint density at radius 2 is 1.91 bits per heavy atom. The van der Waals surface area contributed by atoms with Crippen molar-refractivity contribution in [1.82, 2.24) is 9.80 Å². The molecule has 0 aliphatic carbocycles. The minimum absolute atomic E-state index is 0.0896. The first-order valence-electron chi connectivity index (χ1n) is 7.39. The summed E-state index contributed by atoms with van der Waals surface area (Å²) in [5.41, 5.74) is 0.794. The van der Waals surface area contributed by atoms with Gasteiger partial charge >= 0.3 is 5.97 Å². The molecule has 3 rings (SSSR count). The Labute approximate surface area is 133 Å². The van der Waals surface area contributed by atoms with Crippen molar-refractivity contribution in [1.29, 1.82) is 0 Å². The molecule has 0 saturated carbocycles. The number of methoxy groups -OCH3 is 1. The maximum atomic E-state index is 12.2. The standard InChI is InChI=1S/C16H18N2O5/c1-21-16(20)14-12(4-10-23-14)11-17-5-7-18(8-6-17)15(19)13-3-2-9-22-13/h2-4,9-10H,5-8,11H2,1H3. The highest BCUT2D eigenvalue weighted by molar-refractivity contribution is 5.91. The lowest BCUT2D eigenvalue weighted by molar-refractivity contribution is 0.0557. The number of furan rings is 2. The van der Waals surface area contributed by atoms with Gasteiger partial charge in [0.05, 0.1) is 19.6 Å². The molecule has 1 amide bonds. The predicted octanol–water partition coefficient (Wildman–Crippen LogP) is 1.62. The summed E-state index contributed by atoms with van der Waals surface area (Å²) in [5.74, 6) is 0.0349. The molecule has 0 N–H and O–H groups in total. The van der Waals surface area contributed by atoms with E-state index in [9.17, 15) is 9.59 Å². The number of ether oxygens (including phenoxy) is 1. The van der Waals surface area contributed by atoms with Crippen LogP contribution in [0.15, 0.2) is 39.6 Å². The summed E-state index contributed by atoms with van der Waals surface area (Å²) in [6, 6.07) is 5.15. The number of carbonyl (C=O) groups is 2. The van der Waals surface area contributed by atoms with E-state index in [1.54, 1.807) is 23.1 Å². The molecule has 0 unspecified atom stereocenters. The van der Waals surface area contributed by atoms with Crippen LogP contribution in [0.5, 0.6) is 0 Å². The van der Waals surface area contributed by atoms with Crippen LogP contribution in [0.2, 0.25) is 0 Å². The van der Waals surface area contributed by atoms with Crippen LogP contribution >= 0.6 is 0 Å². The fourth-order valence-corrected chi connectivity index (χ4v) is 2.64. The first-order chi connectivity index (χ1) is 11.2. The predicted molar refractivity (Wildman–Crippen MR) is 79.9 cm³/mol. The molecular weight excluding hydrogens is 300 g/mol. The molecule has 1 fully saturated rings. The van der Waals surface area contributed by atoms with E-state index in [0.717, 1.165) is 18.7 Å². The number of esters is 1. The van der Waals surface area contributed by atoms with Gasteiger partial charge in [0.1, 0.15) is 0 Å². The lowest BCUT2D eigenvalue weighted by Gasteiger charge is -2.34. The van der Waals surface area contributed by atoms with Gasteiger partial charge in [0, 0.05) is 38.3 Å². The third kappa shape index (κ3) is 3.29. The second-order valence-corrected chi connectivity index (χ2v) is 5.31. The van der Waals surface area contributed by atoms with Crippen LogP contribution in [0, 0.1) is 0 Å². The topological polar surface area (TPSA) is 76.1 Å². The van der Waals surface area contributed by atoms with Crippen molar-refractivity contribution in [2.75, 3.05) is 33.3 Å². The number of carbonyl (C=O) groups excluding carboxylic acids is 2. The normalized spacial score (nSPS) is 15.6. The van der Waals surface area contributed by atoms with Gasteiger partial charge in [-0.05, 0) is 18.2 Å². The minimum Gasteiger partial charge on any atom is -0.463 e. The number of nitrogens with zero attached hydrogens (tertiary/aromatic N) is 2. The molecule has 7 nitrogen and oxygen atoms in total. The van der Waals surface area contributed by atoms with E-state index in [0.29, 0.717) is 25.4 Å². The monoisotopic (exact) mass is 318 g/mol. The van der Waals surface area contributed by atoms with Crippen LogP contribution in [-0.4, -0.2) is 55.0 Å². The molecule has 3 heterocycles. The third-order valence-corrected chi connectivity index (χ3v) is 3.90. The zero-order valence-corrected chi connectivity index (χ0v) is 12.9. The largest absolute Gasteiger partial charge is 0.463 e. The highest BCUT2D eigenvalue weighted by Gasteiger charge is 2.25. The molecule has 1 aliphatic rings. The van der Waals surface area contributed by atoms with Gasteiger partial charge in [-0.25, -0.2) is 4.79 Å². The Morgan fingerprint density at radius 3 is 2.57 bits per heavy atom. The summed E-state index contributed by atoms with van der Waals surface area (Å²) in [6.07, 6.45) is 2.98. The molecule has 0 spiro atoms.